The highest BCUT2D eigenvalue weighted by Crippen LogP contribution is 2.19. The number of hydrogen-bond donors (Lipinski definition) is 2. The third-order valence-corrected chi connectivity index (χ3v) is 4.80. The second-order valence-corrected chi connectivity index (χ2v) is 6.98. The van der Waals surface area contributed by atoms with Crippen molar-refractivity contribution in [2.75, 3.05) is 56.7 Å². The van der Waals surface area contributed by atoms with Crippen molar-refractivity contribution in [1.29, 1.82) is 0 Å². The van der Waals surface area contributed by atoms with E-state index in [1.807, 2.05) is 18.7 Å². The molecule has 0 aliphatic carbocycles. The molecule has 0 unspecified atom stereocenters. The minimum atomic E-state index is -0.0178. The minimum Gasteiger partial charge on any atom is -0.383 e. The molecule has 0 saturated carbocycles. The van der Waals surface area contributed by atoms with Crippen molar-refractivity contribution in [3.05, 3.63) is 29.3 Å². The number of halogens is 2. The summed E-state index contributed by atoms with van der Waals surface area (Å²) in [7, 11) is 1.65. The molecule has 1 saturated heterocycles. The lowest BCUT2D eigenvalue weighted by atomic mass is 10.1. The fraction of sp³-hybridized carbons (Fsp3) is 0.588. The average molecular weight is 410 g/mol. The van der Waals surface area contributed by atoms with Gasteiger partial charge in [0.05, 0.1) is 13.2 Å². The fourth-order valence-corrected chi connectivity index (χ4v) is 3.47. The number of amides is 1. The monoisotopic (exact) mass is 409 g/mol. The van der Waals surface area contributed by atoms with Crippen molar-refractivity contribution in [2.45, 2.75) is 13.5 Å². The van der Waals surface area contributed by atoms with Crippen molar-refractivity contribution in [3.63, 3.8) is 0 Å². The van der Waals surface area contributed by atoms with Crippen LogP contribution >= 0.6 is 36.6 Å². The molecule has 144 valence electrons. The molecule has 0 spiro atoms. The molecule has 5 nitrogen and oxygen atoms in total. The Kier molecular flexibility index (Phi) is 13.4. The molecule has 1 aliphatic heterocycles. The van der Waals surface area contributed by atoms with Gasteiger partial charge in [0.2, 0.25) is 5.91 Å². The highest BCUT2D eigenvalue weighted by Gasteiger charge is 2.12. The Bertz CT molecular complexity index is 515. The number of anilines is 1. The first kappa shape index (κ1) is 24.5. The van der Waals surface area contributed by atoms with Crippen LogP contribution in [0.15, 0.2) is 18.2 Å². The number of rotatable bonds is 8. The molecule has 1 aromatic carbocycles. The standard InChI is InChI=1S/C17H27N3O2S.2ClH/c1-14-3-4-15(13-20-6-9-23-10-7-20)11-16(14)19-17(21)12-18-5-8-22-2;;/h3-4,11,18H,5-10,12-13H2,1-2H3,(H,19,21);2*1H. The molecule has 0 bridgehead atoms. The van der Waals surface area contributed by atoms with Crippen LogP contribution in [0.25, 0.3) is 0 Å². The van der Waals surface area contributed by atoms with Crippen LogP contribution < -0.4 is 10.6 Å². The van der Waals surface area contributed by atoms with Crippen LogP contribution in [0.3, 0.4) is 0 Å². The van der Waals surface area contributed by atoms with Crippen molar-refractivity contribution < 1.29 is 9.53 Å². The van der Waals surface area contributed by atoms with Crippen LogP contribution in [-0.4, -0.2) is 62.2 Å². The molecule has 1 amide bonds. The Morgan fingerprint density at radius 3 is 2.68 bits per heavy atom. The van der Waals surface area contributed by atoms with Gasteiger partial charge in [-0.2, -0.15) is 11.8 Å². The Morgan fingerprint density at radius 1 is 1.28 bits per heavy atom. The van der Waals surface area contributed by atoms with Gasteiger partial charge in [0, 0.05) is 50.5 Å². The molecule has 25 heavy (non-hydrogen) atoms. The zero-order chi connectivity index (χ0) is 16.5. The predicted octanol–water partition coefficient (Wildman–Crippen LogP) is 2.56. The van der Waals surface area contributed by atoms with Gasteiger partial charge >= 0.3 is 0 Å². The maximum absolute atomic E-state index is 12.0. The summed E-state index contributed by atoms with van der Waals surface area (Å²) in [5.74, 6) is 2.40. The summed E-state index contributed by atoms with van der Waals surface area (Å²) in [6, 6.07) is 6.34. The Hall–Kier alpha value is -0.500. The molecule has 2 rings (SSSR count). The van der Waals surface area contributed by atoms with E-state index >= 15 is 0 Å². The first-order chi connectivity index (χ1) is 11.2. The highest BCUT2D eigenvalue weighted by molar-refractivity contribution is 7.99. The minimum absolute atomic E-state index is 0. The molecule has 0 radical (unpaired) electrons. The van der Waals surface area contributed by atoms with Gasteiger partial charge in [-0.25, -0.2) is 0 Å². The van der Waals surface area contributed by atoms with E-state index in [1.54, 1.807) is 7.11 Å². The maximum Gasteiger partial charge on any atom is 0.238 e. The van der Waals surface area contributed by atoms with Gasteiger partial charge in [0.15, 0.2) is 0 Å². The van der Waals surface area contributed by atoms with E-state index in [2.05, 4.69) is 33.7 Å². The Balaban J connectivity index is 0.00000288. The lowest BCUT2D eigenvalue weighted by molar-refractivity contribution is -0.115. The molecule has 1 heterocycles. The molecule has 8 heteroatoms. The average Bonchev–Trinajstić information content (AvgIpc) is 2.56. The summed E-state index contributed by atoms with van der Waals surface area (Å²) in [5.41, 5.74) is 3.26. The first-order valence-corrected chi connectivity index (χ1v) is 9.23. The Labute approximate surface area is 167 Å². The van der Waals surface area contributed by atoms with Crippen LogP contribution in [0, 0.1) is 6.92 Å². The van der Waals surface area contributed by atoms with Crippen molar-refractivity contribution in [2.24, 2.45) is 0 Å². The second-order valence-electron chi connectivity index (χ2n) is 5.76. The predicted molar refractivity (Wildman–Crippen MR) is 112 cm³/mol. The molecule has 0 aromatic heterocycles. The van der Waals surface area contributed by atoms with Gasteiger partial charge < -0.3 is 15.4 Å². The number of carbonyl (C=O) groups excluding carboxylic acids is 1. The second kappa shape index (κ2) is 13.7. The smallest absolute Gasteiger partial charge is 0.238 e. The first-order valence-electron chi connectivity index (χ1n) is 8.08. The quantitative estimate of drug-likeness (QED) is 0.646. The molecule has 1 aromatic rings. The maximum atomic E-state index is 12.0. The lowest BCUT2D eigenvalue weighted by Gasteiger charge is -2.26. The zero-order valence-corrected chi connectivity index (χ0v) is 17.3. The summed E-state index contributed by atoms with van der Waals surface area (Å²) in [5, 5.41) is 6.06. The number of nitrogens with zero attached hydrogens (tertiary/aromatic N) is 1. The summed E-state index contributed by atoms with van der Waals surface area (Å²) >= 11 is 2.02. The number of nitrogens with one attached hydrogen (secondary N) is 2. The largest absolute Gasteiger partial charge is 0.383 e. The Morgan fingerprint density at radius 2 is 2.00 bits per heavy atom. The van der Waals surface area contributed by atoms with Gasteiger partial charge in [-0.15, -0.1) is 24.8 Å². The van der Waals surface area contributed by atoms with Gasteiger partial charge in [0.25, 0.3) is 0 Å². The number of benzene rings is 1. The number of carbonyl (C=O) groups is 1. The van der Waals surface area contributed by atoms with Crippen LogP contribution in [0.5, 0.6) is 0 Å². The van der Waals surface area contributed by atoms with E-state index in [0.29, 0.717) is 19.7 Å². The highest BCUT2D eigenvalue weighted by atomic mass is 35.5. The van der Waals surface area contributed by atoms with E-state index in [9.17, 15) is 4.79 Å². The summed E-state index contributed by atoms with van der Waals surface area (Å²) in [6.45, 7) is 6.85. The molecule has 1 aliphatic rings. The zero-order valence-electron chi connectivity index (χ0n) is 14.9. The van der Waals surface area contributed by atoms with Crippen molar-refractivity contribution in [3.8, 4) is 0 Å². The van der Waals surface area contributed by atoms with Crippen LogP contribution in [-0.2, 0) is 16.1 Å². The van der Waals surface area contributed by atoms with Gasteiger partial charge in [0.1, 0.15) is 0 Å². The topological polar surface area (TPSA) is 53.6 Å². The van der Waals surface area contributed by atoms with Crippen LogP contribution in [0.4, 0.5) is 5.69 Å². The van der Waals surface area contributed by atoms with Gasteiger partial charge in [-0.1, -0.05) is 12.1 Å². The van der Waals surface area contributed by atoms with E-state index < -0.39 is 0 Å². The summed E-state index contributed by atoms with van der Waals surface area (Å²) in [6.07, 6.45) is 0. The number of aryl methyl sites for hydroxylation is 1. The fourth-order valence-electron chi connectivity index (χ4n) is 2.49. The lowest BCUT2D eigenvalue weighted by Crippen LogP contribution is -2.32. The van der Waals surface area contributed by atoms with Crippen LogP contribution in [0.1, 0.15) is 11.1 Å². The number of ether oxygens (including phenoxy) is 1. The third-order valence-electron chi connectivity index (χ3n) is 3.85. The summed E-state index contributed by atoms with van der Waals surface area (Å²) in [4.78, 5) is 14.5. The van der Waals surface area contributed by atoms with Crippen molar-refractivity contribution >= 4 is 48.2 Å². The van der Waals surface area contributed by atoms with E-state index in [-0.39, 0.29) is 30.7 Å². The molecule has 2 N–H and O–H groups in total. The molecular weight excluding hydrogens is 381 g/mol. The molecule has 0 atom stereocenters. The number of hydrogen-bond acceptors (Lipinski definition) is 5. The van der Waals surface area contributed by atoms with E-state index in [4.69, 9.17) is 4.74 Å². The number of thioether (sulfide) groups is 1. The van der Waals surface area contributed by atoms with Gasteiger partial charge in [-0.3, -0.25) is 9.69 Å². The van der Waals surface area contributed by atoms with Crippen molar-refractivity contribution in [1.82, 2.24) is 10.2 Å². The van der Waals surface area contributed by atoms with E-state index in [0.717, 1.165) is 30.9 Å². The molecule has 1 fully saturated rings. The molecular formula is C17H29Cl2N3O2S. The summed E-state index contributed by atoms with van der Waals surface area (Å²) < 4.78 is 4.95. The van der Waals surface area contributed by atoms with Gasteiger partial charge in [-0.05, 0) is 24.1 Å². The normalized spacial score (nSPS) is 14.3. The third kappa shape index (κ3) is 9.13. The SMILES string of the molecule is COCCNCC(=O)Nc1cc(CN2CCSCC2)ccc1C.Cl.Cl. The van der Waals surface area contributed by atoms with E-state index in [1.165, 1.54) is 17.1 Å². The number of methoxy groups -OCH3 is 1. The van der Waals surface area contributed by atoms with Crippen LogP contribution in [0.2, 0.25) is 0 Å².